The van der Waals surface area contributed by atoms with Gasteiger partial charge in [0.1, 0.15) is 11.6 Å². The van der Waals surface area contributed by atoms with Gasteiger partial charge >= 0.3 is 0 Å². The van der Waals surface area contributed by atoms with E-state index in [1.165, 1.54) is 12.1 Å². The summed E-state index contributed by atoms with van der Waals surface area (Å²) in [6, 6.07) is 13.6. The van der Waals surface area contributed by atoms with Crippen molar-refractivity contribution in [3.05, 3.63) is 65.5 Å². The molecule has 0 saturated heterocycles. The number of rotatable bonds is 1. The zero-order valence-electron chi connectivity index (χ0n) is 9.41. The molecule has 2 aromatic rings. The highest BCUT2D eigenvalue weighted by Gasteiger charge is 1.96. The van der Waals surface area contributed by atoms with Crippen molar-refractivity contribution in [2.45, 2.75) is 0 Å². The molecular formula is C15H11FO. The van der Waals surface area contributed by atoms with Crippen LogP contribution in [0.25, 0.3) is 0 Å². The lowest BCUT2D eigenvalue weighted by Gasteiger charge is -2.00. The monoisotopic (exact) mass is 226 g/mol. The van der Waals surface area contributed by atoms with Crippen LogP contribution in [0.15, 0.2) is 48.5 Å². The molecule has 0 amide bonds. The molecule has 2 heteroatoms. The summed E-state index contributed by atoms with van der Waals surface area (Å²) >= 11 is 0. The van der Waals surface area contributed by atoms with E-state index in [1.807, 2.05) is 24.3 Å². The fraction of sp³-hybridized carbons (Fsp3) is 0.0667. The van der Waals surface area contributed by atoms with E-state index in [0.717, 1.165) is 16.9 Å². The van der Waals surface area contributed by atoms with E-state index >= 15 is 0 Å². The fourth-order valence-corrected chi connectivity index (χ4v) is 1.42. The third kappa shape index (κ3) is 2.85. The van der Waals surface area contributed by atoms with Gasteiger partial charge in [0.15, 0.2) is 0 Å². The molecule has 17 heavy (non-hydrogen) atoms. The Labute approximate surface area is 99.9 Å². The number of para-hydroxylation sites is 1. The molecule has 0 radical (unpaired) electrons. The molecule has 0 unspecified atom stereocenters. The number of benzene rings is 2. The van der Waals surface area contributed by atoms with Crippen molar-refractivity contribution in [3.8, 4) is 17.6 Å². The highest BCUT2D eigenvalue weighted by molar-refractivity contribution is 5.49. The lowest BCUT2D eigenvalue weighted by Crippen LogP contribution is -1.86. The third-order valence-corrected chi connectivity index (χ3v) is 2.29. The minimum absolute atomic E-state index is 0.257. The molecule has 2 rings (SSSR count). The van der Waals surface area contributed by atoms with Gasteiger partial charge in [-0.2, -0.15) is 0 Å². The topological polar surface area (TPSA) is 9.23 Å². The Morgan fingerprint density at radius 3 is 2.35 bits per heavy atom. The molecule has 0 aliphatic rings. The smallest absolute Gasteiger partial charge is 0.134 e. The number of methoxy groups -OCH3 is 1. The van der Waals surface area contributed by atoms with Crippen molar-refractivity contribution < 1.29 is 9.13 Å². The van der Waals surface area contributed by atoms with Gasteiger partial charge in [0, 0.05) is 5.56 Å². The molecule has 0 aliphatic heterocycles. The lowest BCUT2D eigenvalue weighted by molar-refractivity contribution is 0.413. The molecular weight excluding hydrogens is 215 g/mol. The van der Waals surface area contributed by atoms with E-state index in [4.69, 9.17) is 4.74 Å². The maximum atomic E-state index is 12.7. The Morgan fingerprint density at radius 1 is 0.941 bits per heavy atom. The van der Waals surface area contributed by atoms with Crippen LogP contribution in [-0.2, 0) is 0 Å². The first kappa shape index (κ1) is 11.2. The van der Waals surface area contributed by atoms with Crippen LogP contribution in [0.5, 0.6) is 5.75 Å². The molecule has 0 heterocycles. The molecule has 0 aromatic heterocycles. The zero-order valence-corrected chi connectivity index (χ0v) is 9.41. The van der Waals surface area contributed by atoms with Gasteiger partial charge in [0.05, 0.1) is 12.7 Å². The summed E-state index contributed by atoms with van der Waals surface area (Å²) in [6.07, 6.45) is 0. The van der Waals surface area contributed by atoms with Gasteiger partial charge in [-0.3, -0.25) is 0 Å². The van der Waals surface area contributed by atoms with Crippen LogP contribution in [0.1, 0.15) is 11.1 Å². The summed E-state index contributed by atoms with van der Waals surface area (Å²) < 4.78 is 17.9. The highest BCUT2D eigenvalue weighted by atomic mass is 19.1. The molecule has 1 nitrogen and oxygen atoms in total. The number of halogens is 1. The molecule has 0 spiro atoms. The molecule has 0 saturated carbocycles. The average molecular weight is 226 g/mol. The number of ether oxygens (including phenoxy) is 1. The molecule has 0 fully saturated rings. The molecule has 0 atom stereocenters. The van der Waals surface area contributed by atoms with Crippen molar-refractivity contribution in [3.63, 3.8) is 0 Å². The van der Waals surface area contributed by atoms with Crippen LogP contribution in [0.2, 0.25) is 0 Å². The van der Waals surface area contributed by atoms with E-state index in [0.29, 0.717) is 0 Å². The maximum absolute atomic E-state index is 12.7. The normalized spacial score (nSPS) is 9.29. The van der Waals surface area contributed by atoms with Crippen LogP contribution in [0, 0.1) is 17.7 Å². The van der Waals surface area contributed by atoms with Gasteiger partial charge in [-0.25, -0.2) is 4.39 Å². The SMILES string of the molecule is COc1ccccc1C#Cc1ccc(F)cc1. The minimum Gasteiger partial charge on any atom is -0.495 e. The van der Waals surface area contributed by atoms with Crippen LogP contribution in [0.3, 0.4) is 0 Å². The van der Waals surface area contributed by atoms with Crippen molar-refractivity contribution >= 4 is 0 Å². The van der Waals surface area contributed by atoms with E-state index in [-0.39, 0.29) is 5.82 Å². The number of hydrogen-bond donors (Lipinski definition) is 0. The van der Waals surface area contributed by atoms with Crippen molar-refractivity contribution in [1.82, 2.24) is 0 Å². The largest absolute Gasteiger partial charge is 0.495 e. The van der Waals surface area contributed by atoms with Gasteiger partial charge in [-0.05, 0) is 36.4 Å². The summed E-state index contributed by atoms with van der Waals surface area (Å²) in [6.45, 7) is 0. The molecule has 0 N–H and O–H groups in total. The average Bonchev–Trinajstić information content (AvgIpc) is 2.38. The van der Waals surface area contributed by atoms with Gasteiger partial charge in [-0.1, -0.05) is 24.0 Å². The van der Waals surface area contributed by atoms with E-state index in [9.17, 15) is 4.39 Å². The minimum atomic E-state index is -0.257. The van der Waals surface area contributed by atoms with Gasteiger partial charge in [0.2, 0.25) is 0 Å². The molecule has 0 bridgehead atoms. The second kappa shape index (κ2) is 5.18. The standard InChI is InChI=1S/C15H11FO/c1-17-15-5-3-2-4-13(15)9-6-12-7-10-14(16)11-8-12/h2-5,7-8,10-11H,1H3. The van der Waals surface area contributed by atoms with Gasteiger partial charge in [0.25, 0.3) is 0 Å². The lowest BCUT2D eigenvalue weighted by atomic mass is 10.1. The first-order chi connectivity index (χ1) is 8.29. The molecule has 2 aromatic carbocycles. The summed E-state index contributed by atoms with van der Waals surface area (Å²) in [5.74, 6) is 6.45. The van der Waals surface area contributed by atoms with Crippen LogP contribution >= 0.6 is 0 Å². The van der Waals surface area contributed by atoms with Crippen LogP contribution in [-0.4, -0.2) is 7.11 Å². The zero-order chi connectivity index (χ0) is 12.1. The first-order valence-electron chi connectivity index (χ1n) is 5.20. The second-order valence-corrected chi connectivity index (χ2v) is 3.46. The fourth-order valence-electron chi connectivity index (χ4n) is 1.42. The maximum Gasteiger partial charge on any atom is 0.134 e. The van der Waals surface area contributed by atoms with E-state index in [1.54, 1.807) is 19.2 Å². The van der Waals surface area contributed by atoms with Crippen molar-refractivity contribution in [2.24, 2.45) is 0 Å². The predicted octanol–water partition coefficient (Wildman–Crippen LogP) is 3.23. The molecule has 0 aliphatic carbocycles. The summed E-state index contributed by atoms with van der Waals surface area (Å²) in [5.41, 5.74) is 1.59. The van der Waals surface area contributed by atoms with Crippen LogP contribution in [0.4, 0.5) is 4.39 Å². The Morgan fingerprint density at radius 2 is 1.65 bits per heavy atom. The third-order valence-electron chi connectivity index (χ3n) is 2.29. The molecule has 84 valence electrons. The summed E-state index contributed by atoms with van der Waals surface area (Å²) in [5, 5.41) is 0. The summed E-state index contributed by atoms with van der Waals surface area (Å²) in [4.78, 5) is 0. The van der Waals surface area contributed by atoms with E-state index in [2.05, 4.69) is 11.8 Å². The predicted molar refractivity (Wildman–Crippen MR) is 65.4 cm³/mol. The highest BCUT2D eigenvalue weighted by Crippen LogP contribution is 2.15. The Balaban J connectivity index is 2.29. The number of hydrogen-bond acceptors (Lipinski definition) is 1. The quantitative estimate of drug-likeness (QED) is 0.678. The second-order valence-electron chi connectivity index (χ2n) is 3.46. The Kier molecular flexibility index (Phi) is 3.42. The van der Waals surface area contributed by atoms with Gasteiger partial charge in [-0.15, -0.1) is 0 Å². The van der Waals surface area contributed by atoms with E-state index < -0.39 is 0 Å². The Hall–Kier alpha value is -2.27. The van der Waals surface area contributed by atoms with Crippen molar-refractivity contribution in [1.29, 1.82) is 0 Å². The van der Waals surface area contributed by atoms with Gasteiger partial charge < -0.3 is 4.74 Å². The van der Waals surface area contributed by atoms with Crippen molar-refractivity contribution in [2.75, 3.05) is 7.11 Å². The Bertz CT molecular complexity index is 561. The first-order valence-corrected chi connectivity index (χ1v) is 5.20. The van der Waals surface area contributed by atoms with Crippen LogP contribution < -0.4 is 4.74 Å². The summed E-state index contributed by atoms with van der Waals surface area (Å²) in [7, 11) is 1.61.